The minimum Gasteiger partial charge on any atom is -0.161 e. The Balaban J connectivity index is 2.90. The number of rotatable bonds is 2. The van der Waals surface area contributed by atoms with Gasteiger partial charge < -0.3 is 0 Å². The fourth-order valence-corrected chi connectivity index (χ4v) is 1.84. The quantitative estimate of drug-likeness (QED) is 0.681. The molecule has 0 N–H and O–H groups in total. The second kappa shape index (κ2) is 4.03. The van der Waals surface area contributed by atoms with Gasteiger partial charge in [-0.25, -0.2) is 0 Å². The van der Waals surface area contributed by atoms with Crippen LogP contribution in [0.15, 0.2) is 18.2 Å². The molecule has 0 radical (unpaired) electrons. The van der Waals surface area contributed by atoms with Gasteiger partial charge in [-0.15, -0.1) is 0 Å². The van der Waals surface area contributed by atoms with Crippen LogP contribution >= 0.6 is 23.4 Å². The van der Waals surface area contributed by atoms with Crippen molar-refractivity contribution in [1.82, 2.24) is 0 Å². The van der Waals surface area contributed by atoms with Crippen LogP contribution in [0.4, 0.5) is 0 Å². The molecule has 0 aliphatic heterocycles. The average Bonchev–Trinajstić information content (AvgIpc) is 1.95. The number of hydrogen-bond donors (Lipinski definition) is 0. The first-order valence-corrected chi connectivity index (χ1v) is 5.25. The Bertz CT molecular complexity index is 245. The molecule has 0 saturated carbocycles. The summed E-state index contributed by atoms with van der Waals surface area (Å²) >= 11 is 7.64. The second-order valence-electron chi connectivity index (χ2n) is 2.50. The van der Waals surface area contributed by atoms with Crippen LogP contribution in [0.25, 0.3) is 0 Å². The highest BCUT2D eigenvalue weighted by Crippen LogP contribution is 2.18. The SMILES string of the molecule is CSCc1ccc(Cl)cc1C. The molecule has 0 spiro atoms. The van der Waals surface area contributed by atoms with Gasteiger partial charge in [0.25, 0.3) is 0 Å². The second-order valence-corrected chi connectivity index (χ2v) is 3.81. The molecule has 1 aromatic rings. The summed E-state index contributed by atoms with van der Waals surface area (Å²) in [6, 6.07) is 6.04. The molecule has 1 aromatic carbocycles. The fourth-order valence-electron chi connectivity index (χ4n) is 0.977. The maximum atomic E-state index is 5.81. The summed E-state index contributed by atoms with van der Waals surface area (Å²) in [5.74, 6) is 1.07. The van der Waals surface area contributed by atoms with Crippen LogP contribution in [-0.4, -0.2) is 6.26 Å². The molecule has 0 atom stereocenters. The molecule has 2 heteroatoms. The first-order valence-electron chi connectivity index (χ1n) is 3.48. The molecular weight excluding hydrogens is 176 g/mol. The molecule has 60 valence electrons. The van der Waals surface area contributed by atoms with Gasteiger partial charge in [0.05, 0.1) is 0 Å². The smallest absolute Gasteiger partial charge is 0.0408 e. The van der Waals surface area contributed by atoms with E-state index in [1.54, 1.807) is 0 Å². The van der Waals surface area contributed by atoms with E-state index in [4.69, 9.17) is 11.6 Å². The molecular formula is C9H11ClS. The Morgan fingerprint density at radius 2 is 2.18 bits per heavy atom. The van der Waals surface area contributed by atoms with Crippen molar-refractivity contribution in [2.24, 2.45) is 0 Å². The predicted molar refractivity (Wildman–Crippen MR) is 53.4 cm³/mol. The van der Waals surface area contributed by atoms with E-state index >= 15 is 0 Å². The van der Waals surface area contributed by atoms with Crippen LogP contribution < -0.4 is 0 Å². The molecule has 0 nitrogen and oxygen atoms in total. The zero-order valence-corrected chi connectivity index (χ0v) is 8.30. The lowest BCUT2D eigenvalue weighted by Crippen LogP contribution is -1.84. The number of thioether (sulfide) groups is 1. The van der Waals surface area contributed by atoms with Crippen molar-refractivity contribution < 1.29 is 0 Å². The third-order valence-corrected chi connectivity index (χ3v) is 2.44. The monoisotopic (exact) mass is 186 g/mol. The summed E-state index contributed by atoms with van der Waals surface area (Å²) < 4.78 is 0. The third kappa shape index (κ3) is 2.42. The Morgan fingerprint density at radius 3 is 2.73 bits per heavy atom. The molecule has 0 fully saturated rings. The lowest BCUT2D eigenvalue weighted by molar-refractivity contribution is 1.31. The van der Waals surface area contributed by atoms with E-state index in [2.05, 4.69) is 19.2 Å². The highest BCUT2D eigenvalue weighted by atomic mass is 35.5. The maximum Gasteiger partial charge on any atom is 0.0408 e. The first kappa shape index (κ1) is 8.95. The van der Waals surface area contributed by atoms with E-state index in [0.29, 0.717) is 0 Å². The van der Waals surface area contributed by atoms with Crippen LogP contribution in [0, 0.1) is 6.92 Å². The summed E-state index contributed by atoms with van der Waals surface area (Å²) in [6.07, 6.45) is 2.11. The molecule has 0 aliphatic rings. The molecule has 0 aromatic heterocycles. The molecule has 0 saturated heterocycles. The minimum absolute atomic E-state index is 0.826. The van der Waals surface area contributed by atoms with Gasteiger partial charge in [-0.1, -0.05) is 17.7 Å². The van der Waals surface area contributed by atoms with Crippen molar-refractivity contribution in [3.63, 3.8) is 0 Å². The van der Waals surface area contributed by atoms with Crippen LogP contribution in [-0.2, 0) is 5.75 Å². The van der Waals surface area contributed by atoms with E-state index in [0.717, 1.165) is 10.8 Å². The normalized spacial score (nSPS) is 10.1. The van der Waals surface area contributed by atoms with Crippen molar-refractivity contribution >= 4 is 23.4 Å². The predicted octanol–water partition coefficient (Wildman–Crippen LogP) is 3.51. The number of benzene rings is 1. The topological polar surface area (TPSA) is 0 Å². The zero-order valence-electron chi connectivity index (χ0n) is 6.73. The molecule has 0 bridgehead atoms. The van der Waals surface area contributed by atoms with Crippen molar-refractivity contribution in [2.75, 3.05) is 6.26 Å². The molecule has 0 amide bonds. The van der Waals surface area contributed by atoms with Crippen LogP contribution in [0.5, 0.6) is 0 Å². The highest BCUT2D eigenvalue weighted by molar-refractivity contribution is 7.97. The Morgan fingerprint density at radius 1 is 1.45 bits per heavy atom. The van der Waals surface area contributed by atoms with E-state index < -0.39 is 0 Å². The van der Waals surface area contributed by atoms with Crippen molar-refractivity contribution in [3.8, 4) is 0 Å². The maximum absolute atomic E-state index is 5.81. The van der Waals surface area contributed by atoms with Gasteiger partial charge in [0.15, 0.2) is 0 Å². The van der Waals surface area contributed by atoms with Crippen LogP contribution in [0.2, 0.25) is 5.02 Å². The summed E-state index contributed by atoms with van der Waals surface area (Å²) in [6.45, 7) is 2.09. The minimum atomic E-state index is 0.826. The summed E-state index contributed by atoms with van der Waals surface area (Å²) in [7, 11) is 0. The van der Waals surface area contributed by atoms with E-state index in [-0.39, 0.29) is 0 Å². The van der Waals surface area contributed by atoms with Gasteiger partial charge >= 0.3 is 0 Å². The molecule has 0 heterocycles. The highest BCUT2D eigenvalue weighted by Gasteiger charge is 1.96. The molecule has 11 heavy (non-hydrogen) atoms. The van der Waals surface area contributed by atoms with Gasteiger partial charge in [0, 0.05) is 10.8 Å². The Hall–Kier alpha value is -0.140. The molecule has 0 unspecified atom stereocenters. The van der Waals surface area contributed by atoms with Gasteiger partial charge in [-0.05, 0) is 36.4 Å². The van der Waals surface area contributed by atoms with E-state index in [1.807, 2.05) is 23.9 Å². The van der Waals surface area contributed by atoms with Crippen molar-refractivity contribution in [2.45, 2.75) is 12.7 Å². The summed E-state index contributed by atoms with van der Waals surface area (Å²) in [5, 5.41) is 0.826. The third-order valence-electron chi connectivity index (χ3n) is 1.60. The van der Waals surface area contributed by atoms with Crippen LogP contribution in [0.1, 0.15) is 11.1 Å². The lowest BCUT2D eigenvalue weighted by Gasteiger charge is -2.02. The lowest BCUT2D eigenvalue weighted by atomic mass is 10.1. The van der Waals surface area contributed by atoms with Gasteiger partial charge in [0.1, 0.15) is 0 Å². The standard InChI is InChI=1S/C9H11ClS/c1-7-5-9(10)4-3-8(7)6-11-2/h3-5H,6H2,1-2H3. The molecule has 0 aliphatic carbocycles. The van der Waals surface area contributed by atoms with Crippen LogP contribution in [0.3, 0.4) is 0 Å². The Labute approximate surface area is 77.0 Å². The fraction of sp³-hybridized carbons (Fsp3) is 0.333. The van der Waals surface area contributed by atoms with E-state index in [1.165, 1.54) is 11.1 Å². The van der Waals surface area contributed by atoms with Crippen molar-refractivity contribution in [1.29, 1.82) is 0 Å². The zero-order chi connectivity index (χ0) is 8.27. The largest absolute Gasteiger partial charge is 0.161 e. The summed E-state index contributed by atoms with van der Waals surface area (Å²) in [4.78, 5) is 0. The van der Waals surface area contributed by atoms with E-state index in [9.17, 15) is 0 Å². The number of hydrogen-bond acceptors (Lipinski definition) is 1. The van der Waals surface area contributed by atoms with Crippen molar-refractivity contribution in [3.05, 3.63) is 34.3 Å². The Kier molecular flexibility index (Phi) is 3.28. The molecule has 1 rings (SSSR count). The number of halogens is 1. The van der Waals surface area contributed by atoms with Gasteiger partial charge in [0.2, 0.25) is 0 Å². The number of aryl methyl sites for hydroxylation is 1. The summed E-state index contributed by atoms with van der Waals surface area (Å²) in [5.41, 5.74) is 2.66. The first-order chi connectivity index (χ1) is 5.24. The van der Waals surface area contributed by atoms with Gasteiger partial charge in [-0.2, -0.15) is 11.8 Å². The average molecular weight is 187 g/mol. The van der Waals surface area contributed by atoms with Gasteiger partial charge in [-0.3, -0.25) is 0 Å².